The molecule has 33 heavy (non-hydrogen) atoms. The summed E-state index contributed by atoms with van der Waals surface area (Å²) in [6.45, 7) is 1.93. The number of halogens is 1. The first-order valence-corrected chi connectivity index (χ1v) is 12.1. The van der Waals surface area contributed by atoms with Gasteiger partial charge in [0.05, 0.1) is 18.8 Å². The van der Waals surface area contributed by atoms with Gasteiger partial charge in [-0.1, -0.05) is 30.3 Å². The number of carbonyl (C=O) groups excluding carboxylic acids is 2. The Morgan fingerprint density at radius 1 is 1.15 bits per heavy atom. The normalized spacial score (nSPS) is 15.6. The minimum Gasteiger partial charge on any atom is -0.452 e. The van der Waals surface area contributed by atoms with Crippen molar-refractivity contribution in [2.45, 2.75) is 30.7 Å². The third kappa shape index (κ3) is 6.83. The van der Waals surface area contributed by atoms with E-state index in [9.17, 15) is 22.4 Å². The third-order valence-electron chi connectivity index (χ3n) is 5.21. The van der Waals surface area contributed by atoms with Crippen molar-refractivity contribution in [1.29, 1.82) is 0 Å². The largest absolute Gasteiger partial charge is 0.452 e. The lowest BCUT2D eigenvalue weighted by Gasteiger charge is -2.26. The molecule has 0 aromatic heterocycles. The fraction of sp³-hybridized carbons (Fsp3) is 0.391. The Morgan fingerprint density at radius 3 is 2.55 bits per heavy atom. The smallest absolute Gasteiger partial charge is 0.338 e. The molecule has 2 aromatic rings. The van der Waals surface area contributed by atoms with Gasteiger partial charge in [0.1, 0.15) is 10.7 Å². The summed E-state index contributed by atoms with van der Waals surface area (Å²) in [6.07, 6.45) is 1.50. The molecule has 0 spiro atoms. The lowest BCUT2D eigenvalue weighted by Crippen LogP contribution is -2.41. The number of nitrogens with one attached hydrogen (secondary N) is 1. The van der Waals surface area contributed by atoms with E-state index in [1.807, 2.05) is 37.3 Å². The maximum absolute atomic E-state index is 14.3. The average molecular weight is 479 g/mol. The first-order chi connectivity index (χ1) is 15.8. The molecule has 1 fully saturated rings. The summed E-state index contributed by atoms with van der Waals surface area (Å²) in [5, 5.41) is 2.75. The Hall–Kier alpha value is -2.82. The molecule has 3 rings (SSSR count). The van der Waals surface area contributed by atoms with Crippen LogP contribution in [0.2, 0.25) is 0 Å². The Kier molecular flexibility index (Phi) is 8.54. The van der Waals surface area contributed by atoms with Crippen molar-refractivity contribution in [1.82, 2.24) is 9.62 Å². The molecule has 1 amide bonds. The second-order valence-electron chi connectivity index (χ2n) is 7.73. The van der Waals surface area contributed by atoms with E-state index in [4.69, 9.17) is 9.47 Å². The molecule has 178 valence electrons. The van der Waals surface area contributed by atoms with Crippen LogP contribution in [0.5, 0.6) is 0 Å². The first-order valence-electron chi connectivity index (χ1n) is 10.6. The average Bonchev–Trinajstić information content (AvgIpc) is 2.82. The van der Waals surface area contributed by atoms with E-state index in [0.29, 0.717) is 6.42 Å². The Bertz CT molecular complexity index is 1070. The van der Waals surface area contributed by atoms with E-state index in [0.717, 1.165) is 34.5 Å². The van der Waals surface area contributed by atoms with Gasteiger partial charge in [0.2, 0.25) is 10.0 Å². The lowest BCUT2D eigenvalue weighted by atomic mass is 10.1. The van der Waals surface area contributed by atoms with Crippen molar-refractivity contribution in [3.8, 4) is 0 Å². The number of esters is 1. The molecule has 10 heteroatoms. The van der Waals surface area contributed by atoms with E-state index >= 15 is 0 Å². The summed E-state index contributed by atoms with van der Waals surface area (Å²) in [5.41, 5.74) is 0.998. The highest BCUT2D eigenvalue weighted by atomic mass is 32.2. The first kappa shape index (κ1) is 24.8. The number of amides is 1. The molecule has 8 nitrogen and oxygen atoms in total. The van der Waals surface area contributed by atoms with Crippen molar-refractivity contribution >= 4 is 21.9 Å². The number of hydrogen-bond donors (Lipinski definition) is 1. The van der Waals surface area contributed by atoms with Crippen molar-refractivity contribution in [3.63, 3.8) is 0 Å². The predicted octanol–water partition coefficient (Wildman–Crippen LogP) is 2.14. The van der Waals surface area contributed by atoms with Gasteiger partial charge in [-0.25, -0.2) is 17.6 Å². The standard InChI is InChI=1S/C23H27FN2O6S/c1-17(7-8-18-5-3-2-4-6-18)25-22(27)16-32-23(28)19-9-10-20(24)21(15-19)33(29,30)26-11-13-31-14-12-26/h2-6,9-10,15,17H,7-8,11-14,16H2,1H3,(H,25,27). The minimum absolute atomic E-state index is 0.0963. The van der Waals surface area contributed by atoms with Gasteiger partial charge in [0.15, 0.2) is 6.61 Å². The predicted molar refractivity (Wildman–Crippen MR) is 119 cm³/mol. The zero-order valence-electron chi connectivity index (χ0n) is 18.3. The zero-order valence-corrected chi connectivity index (χ0v) is 19.1. The quantitative estimate of drug-likeness (QED) is 0.554. The van der Waals surface area contributed by atoms with Crippen LogP contribution in [0, 0.1) is 5.82 Å². The highest BCUT2D eigenvalue weighted by Gasteiger charge is 2.30. The highest BCUT2D eigenvalue weighted by molar-refractivity contribution is 7.89. The maximum Gasteiger partial charge on any atom is 0.338 e. The Labute approximate surface area is 192 Å². The van der Waals surface area contributed by atoms with Crippen LogP contribution >= 0.6 is 0 Å². The third-order valence-corrected chi connectivity index (χ3v) is 7.12. The molecule has 1 saturated heterocycles. The van der Waals surface area contributed by atoms with Crippen molar-refractivity contribution in [2.75, 3.05) is 32.9 Å². The summed E-state index contributed by atoms with van der Waals surface area (Å²) < 4.78 is 51.0. The molecule has 1 aliphatic rings. The lowest BCUT2D eigenvalue weighted by molar-refractivity contribution is -0.124. The van der Waals surface area contributed by atoms with Gasteiger partial charge >= 0.3 is 5.97 Å². The number of carbonyl (C=O) groups is 2. The molecule has 1 N–H and O–H groups in total. The summed E-state index contributed by atoms with van der Waals surface area (Å²) >= 11 is 0. The molecule has 1 aliphatic heterocycles. The minimum atomic E-state index is -4.13. The van der Waals surface area contributed by atoms with Gasteiger partial charge < -0.3 is 14.8 Å². The molecule has 0 saturated carbocycles. The van der Waals surface area contributed by atoms with Gasteiger partial charge in [-0.3, -0.25) is 4.79 Å². The summed E-state index contributed by atoms with van der Waals surface area (Å²) in [5.74, 6) is -2.37. The van der Waals surface area contributed by atoms with Crippen LogP contribution in [0.25, 0.3) is 0 Å². The molecular weight excluding hydrogens is 451 g/mol. The number of nitrogens with zero attached hydrogens (tertiary/aromatic N) is 1. The van der Waals surface area contributed by atoms with Gasteiger partial charge in [-0.15, -0.1) is 0 Å². The van der Waals surface area contributed by atoms with Crippen LogP contribution in [0.4, 0.5) is 4.39 Å². The summed E-state index contributed by atoms with van der Waals surface area (Å²) in [4.78, 5) is 23.9. The van der Waals surface area contributed by atoms with Crippen LogP contribution in [0.3, 0.4) is 0 Å². The molecular formula is C23H27FN2O6S. The molecule has 1 heterocycles. The zero-order chi connectivity index (χ0) is 23.8. The topological polar surface area (TPSA) is 102 Å². The number of ether oxygens (including phenoxy) is 2. The summed E-state index contributed by atoms with van der Waals surface area (Å²) in [6, 6.07) is 12.7. The highest BCUT2D eigenvalue weighted by Crippen LogP contribution is 2.22. The molecule has 0 bridgehead atoms. The van der Waals surface area contributed by atoms with Crippen LogP contribution in [-0.4, -0.2) is 63.6 Å². The van der Waals surface area contributed by atoms with Gasteiger partial charge in [0, 0.05) is 19.1 Å². The monoisotopic (exact) mass is 478 g/mol. The summed E-state index contributed by atoms with van der Waals surface area (Å²) in [7, 11) is -4.13. The number of sulfonamides is 1. The molecule has 1 atom stereocenters. The van der Waals surface area contributed by atoms with Crippen molar-refractivity contribution in [3.05, 3.63) is 65.5 Å². The number of morpholine rings is 1. The number of benzene rings is 2. The second-order valence-corrected chi connectivity index (χ2v) is 9.64. The van der Waals surface area contributed by atoms with Gasteiger partial charge in [-0.05, 0) is 43.5 Å². The van der Waals surface area contributed by atoms with E-state index in [-0.39, 0.29) is 37.9 Å². The van der Waals surface area contributed by atoms with Crippen molar-refractivity contribution < 1.29 is 31.9 Å². The number of rotatable bonds is 9. The van der Waals surface area contributed by atoms with Crippen molar-refractivity contribution in [2.24, 2.45) is 0 Å². The van der Waals surface area contributed by atoms with Crippen LogP contribution < -0.4 is 5.32 Å². The fourth-order valence-corrected chi connectivity index (χ4v) is 4.88. The van der Waals surface area contributed by atoms with Crippen LogP contribution in [0.15, 0.2) is 53.4 Å². The molecule has 1 unspecified atom stereocenters. The molecule has 0 radical (unpaired) electrons. The second kappa shape index (κ2) is 11.4. The van der Waals surface area contributed by atoms with E-state index in [2.05, 4.69) is 5.32 Å². The van der Waals surface area contributed by atoms with E-state index < -0.39 is 39.2 Å². The van der Waals surface area contributed by atoms with E-state index in [1.54, 1.807) is 0 Å². The van der Waals surface area contributed by atoms with Gasteiger partial charge in [-0.2, -0.15) is 4.31 Å². The maximum atomic E-state index is 14.3. The van der Waals surface area contributed by atoms with Gasteiger partial charge in [0.25, 0.3) is 5.91 Å². The SMILES string of the molecule is CC(CCc1ccccc1)NC(=O)COC(=O)c1ccc(F)c(S(=O)(=O)N2CCOCC2)c1. The Morgan fingerprint density at radius 2 is 1.85 bits per heavy atom. The fourth-order valence-electron chi connectivity index (χ4n) is 3.38. The van der Waals surface area contributed by atoms with E-state index in [1.165, 1.54) is 0 Å². The number of hydrogen-bond acceptors (Lipinski definition) is 6. The number of aryl methyl sites for hydroxylation is 1. The Balaban J connectivity index is 1.54. The molecule has 0 aliphatic carbocycles. The van der Waals surface area contributed by atoms with Crippen LogP contribution in [0.1, 0.15) is 29.3 Å². The van der Waals surface area contributed by atoms with Crippen LogP contribution in [-0.2, 0) is 30.7 Å². The molecule has 2 aromatic carbocycles.